The number of carbonyl (C=O) groups is 1. The van der Waals surface area contributed by atoms with Gasteiger partial charge in [-0.3, -0.25) is 4.79 Å². The summed E-state index contributed by atoms with van der Waals surface area (Å²) < 4.78 is 5.26. The average molecular weight is 311 g/mol. The number of anilines is 1. The van der Waals surface area contributed by atoms with Crippen molar-refractivity contribution in [3.63, 3.8) is 0 Å². The molecule has 0 bridgehead atoms. The first-order chi connectivity index (χ1) is 11.0. The number of ether oxygens (including phenoxy) is 1. The molecule has 2 aromatic rings. The lowest BCUT2D eigenvalue weighted by Gasteiger charge is -2.14. The zero-order chi connectivity index (χ0) is 16.8. The molecule has 1 N–H and O–H groups in total. The molecule has 0 fully saturated rings. The lowest BCUT2D eigenvalue weighted by Crippen LogP contribution is -2.16. The molecule has 0 radical (unpaired) electrons. The van der Waals surface area contributed by atoms with Gasteiger partial charge in [0.05, 0.1) is 12.8 Å². The SMILES string of the molecule is COc1ccccc1NC(=O)C[C@H](C)Cc1cc(C)cc(C)c1. The summed E-state index contributed by atoms with van der Waals surface area (Å²) in [7, 11) is 1.60. The standard InChI is InChI=1S/C20H25NO2/c1-14-9-15(2)11-17(10-14)12-16(3)13-20(22)21-18-7-5-6-8-19(18)23-4/h5-11,16H,12-13H2,1-4H3,(H,21,22)/t16-/m1/s1. The first-order valence-electron chi connectivity index (χ1n) is 7.98. The summed E-state index contributed by atoms with van der Waals surface area (Å²) in [5, 5.41) is 2.94. The molecule has 23 heavy (non-hydrogen) atoms. The minimum Gasteiger partial charge on any atom is -0.495 e. The van der Waals surface area contributed by atoms with Crippen molar-refractivity contribution in [1.82, 2.24) is 0 Å². The molecule has 3 heteroatoms. The highest BCUT2D eigenvalue weighted by Crippen LogP contribution is 2.24. The average Bonchev–Trinajstić information content (AvgIpc) is 2.46. The van der Waals surface area contributed by atoms with Crippen molar-refractivity contribution in [2.45, 2.75) is 33.6 Å². The Morgan fingerprint density at radius 3 is 2.43 bits per heavy atom. The van der Waals surface area contributed by atoms with Gasteiger partial charge in [-0.15, -0.1) is 0 Å². The highest BCUT2D eigenvalue weighted by molar-refractivity contribution is 5.92. The van der Waals surface area contributed by atoms with Crippen LogP contribution in [0.1, 0.15) is 30.0 Å². The molecule has 0 aliphatic heterocycles. The Bertz CT molecular complexity index is 659. The van der Waals surface area contributed by atoms with Gasteiger partial charge in [-0.25, -0.2) is 0 Å². The number of aryl methyl sites for hydroxylation is 2. The van der Waals surface area contributed by atoms with E-state index in [2.05, 4.69) is 44.3 Å². The number of hydrogen-bond acceptors (Lipinski definition) is 2. The van der Waals surface area contributed by atoms with Crippen molar-refractivity contribution in [2.75, 3.05) is 12.4 Å². The van der Waals surface area contributed by atoms with E-state index in [9.17, 15) is 4.79 Å². The van der Waals surface area contributed by atoms with Crippen LogP contribution in [0.3, 0.4) is 0 Å². The van der Waals surface area contributed by atoms with Crippen molar-refractivity contribution in [3.05, 3.63) is 59.2 Å². The Labute approximate surface area is 138 Å². The van der Waals surface area contributed by atoms with E-state index in [0.29, 0.717) is 12.2 Å². The fraction of sp³-hybridized carbons (Fsp3) is 0.350. The number of rotatable bonds is 6. The van der Waals surface area contributed by atoms with Gasteiger partial charge in [0.15, 0.2) is 0 Å². The molecule has 2 rings (SSSR count). The van der Waals surface area contributed by atoms with E-state index < -0.39 is 0 Å². The number of methoxy groups -OCH3 is 1. The smallest absolute Gasteiger partial charge is 0.224 e. The van der Waals surface area contributed by atoms with Crippen molar-refractivity contribution in [2.24, 2.45) is 5.92 Å². The number of hydrogen-bond donors (Lipinski definition) is 1. The molecule has 0 aliphatic rings. The Morgan fingerprint density at radius 2 is 1.78 bits per heavy atom. The Morgan fingerprint density at radius 1 is 1.13 bits per heavy atom. The minimum atomic E-state index is 0.0198. The second-order valence-corrected chi connectivity index (χ2v) is 6.26. The summed E-state index contributed by atoms with van der Waals surface area (Å²) in [6, 6.07) is 14.0. The van der Waals surface area contributed by atoms with Crippen LogP contribution < -0.4 is 10.1 Å². The summed E-state index contributed by atoms with van der Waals surface area (Å²) in [4.78, 5) is 12.2. The predicted molar refractivity (Wildman–Crippen MR) is 95.0 cm³/mol. The molecular weight excluding hydrogens is 286 g/mol. The molecule has 0 aromatic heterocycles. The highest BCUT2D eigenvalue weighted by atomic mass is 16.5. The topological polar surface area (TPSA) is 38.3 Å². The molecule has 0 saturated carbocycles. The number of amides is 1. The molecule has 122 valence electrons. The van der Waals surface area contributed by atoms with Crippen molar-refractivity contribution >= 4 is 11.6 Å². The second-order valence-electron chi connectivity index (χ2n) is 6.26. The van der Waals surface area contributed by atoms with Crippen molar-refractivity contribution in [3.8, 4) is 5.75 Å². The van der Waals surface area contributed by atoms with Gasteiger partial charge in [-0.2, -0.15) is 0 Å². The third-order valence-corrected chi connectivity index (χ3v) is 3.78. The Kier molecular flexibility index (Phi) is 5.80. The predicted octanol–water partition coefficient (Wildman–Crippen LogP) is 4.52. The third kappa shape index (κ3) is 5.13. The lowest BCUT2D eigenvalue weighted by atomic mass is 9.95. The van der Waals surface area contributed by atoms with E-state index in [1.165, 1.54) is 16.7 Å². The fourth-order valence-electron chi connectivity index (χ4n) is 2.93. The first-order valence-corrected chi connectivity index (χ1v) is 7.98. The number of para-hydroxylation sites is 2. The van der Waals surface area contributed by atoms with Crippen LogP contribution in [0.2, 0.25) is 0 Å². The molecule has 1 atom stereocenters. The van der Waals surface area contributed by atoms with Crippen LogP contribution in [0.4, 0.5) is 5.69 Å². The van der Waals surface area contributed by atoms with E-state index >= 15 is 0 Å². The zero-order valence-electron chi connectivity index (χ0n) is 14.3. The lowest BCUT2D eigenvalue weighted by molar-refractivity contribution is -0.117. The Balaban J connectivity index is 1.94. The summed E-state index contributed by atoms with van der Waals surface area (Å²) in [6.07, 6.45) is 1.40. The van der Waals surface area contributed by atoms with Crippen molar-refractivity contribution in [1.29, 1.82) is 0 Å². The van der Waals surface area contributed by atoms with Gasteiger partial charge in [0, 0.05) is 6.42 Å². The highest BCUT2D eigenvalue weighted by Gasteiger charge is 2.12. The first kappa shape index (κ1) is 17.1. The van der Waals surface area contributed by atoms with E-state index in [1.807, 2.05) is 24.3 Å². The van der Waals surface area contributed by atoms with E-state index in [0.717, 1.165) is 12.1 Å². The summed E-state index contributed by atoms with van der Waals surface area (Å²) in [6.45, 7) is 6.32. The maximum absolute atomic E-state index is 12.2. The number of nitrogens with one attached hydrogen (secondary N) is 1. The van der Waals surface area contributed by atoms with E-state index in [-0.39, 0.29) is 11.8 Å². The van der Waals surface area contributed by atoms with Gasteiger partial charge in [0.2, 0.25) is 5.91 Å². The molecule has 0 spiro atoms. The molecule has 0 heterocycles. The van der Waals surface area contributed by atoms with Gasteiger partial charge in [-0.05, 0) is 43.9 Å². The van der Waals surface area contributed by atoms with Gasteiger partial charge in [0.1, 0.15) is 5.75 Å². The monoisotopic (exact) mass is 311 g/mol. The molecule has 1 amide bonds. The largest absolute Gasteiger partial charge is 0.495 e. The molecule has 0 aliphatic carbocycles. The molecular formula is C20H25NO2. The van der Waals surface area contributed by atoms with Crippen LogP contribution >= 0.6 is 0 Å². The summed E-state index contributed by atoms with van der Waals surface area (Å²) >= 11 is 0. The Hall–Kier alpha value is -2.29. The van der Waals surface area contributed by atoms with Crippen LogP contribution in [0, 0.1) is 19.8 Å². The van der Waals surface area contributed by atoms with Crippen LogP contribution in [-0.2, 0) is 11.2 Å². The molecule has 0 unspecified atom stereocenters. The van der Waals surface area contributed by atoms with Crippen LogP contribution in [0.15, 0.2) is 42.5 Å². The molecule has 2 aromatic carbocycles. The number of benzene rings is 2. The van der Waals surface area contributed by atoms with Gasteiger partial charge in [-0.1, -0.05) is 48.4 Å². The normalized spacial score (nSPS) is 11.8. The summed E-state index contributed by atoms with van der Waals surface area (Å²) in [5.74, 6) is 0.986. The van der Waals surface area contributed by atoms with Crippen molar-refractivity contribution < 1.29 is 9.53 Å². The summed E-state index contributed by atoms with van der Waals surface area (Å²) in [5.41, 5.74) is 4.55. The van der Waals surface area contributed by atoms with Gasteiger partial charge >= 0.3 is 0 Å². The zero-order valence-corrected chi connectivity index (χ0v) is 14.3. The molecule has 3 nitrogen and oxygen atoms in total. The van der Waals surface area contributed by atoms with E-state index in [1.54, 1.807) is 7.11 Å². The fourth-order valence-corrected chi connectivity index (χ4v) is 2.93. The van der Waals surface area contributed by atoms with Gasteiger partial charge in [0.25, 0.3) is 0 Å². The van der Waals surface area contributed by atoms with Crippen LogP contribution in [0.25, 0.3) is 0 Å². The van der Waals surface area contributed by atoms with E-state index in [4.69, 9.17) is 4.74 Å². The van der Waals surface area contributed by atoms with Gasteiger partial charge < -0.3 is 10.1 Å². The number of carbonyl (C=O) groups excluding carboxylic acids is 1. The third-order valence-electron chi connectivity index (χ3n) is 3.78. The minimum absolute atomic E-state index is 0.0198. The van der Waals surface area contributed by atoms with Crippen LogP contribution in [-0.4, -0.2) is 13.0 Å². The quantitative estimate of drug-likeness (QED) is 0.852. The second kappa shape index (κ2) is 7.82. The maximum atomic E-state index is 12.2. The maximum Gasteiger partial charge on any atom is 0.224 e. The van der Waals surface area contributed by atoms with Crippen LogP contribution in [0.5, 0.6) is 5.75 Å². The molecule has 0 saturated heterocycles.